The van der Waals surface area contributed by atoms with Gasteiger partial charge in [-0.25, -0.2) is 4.98 Å². The standard InChI is InChI=1S/C16H17N3O4S/c1-11(20)9-17-12-2-5-14(6-3-12)24(21,22)23-13-4-7-15-16(8-13)19-10-18-15/h2-8,10-11,17,20H,9H2,1H3,(H,18,19). The van der Waals surface area contributed by atoms with Crippen molar-refractivity contribution in [1.82, 2.24) is 9.97 Å². The Labute approximate surface area is 139 Å². The molecule has 1 heterocycles. The Morgan fingerprint density at radius 1 is 1.25 bits per heavy atom. The first-order valence-corrected chi connectivity index (χ1v) is 8.74. The molecular formula is C16H17N3O4S. The van der Waals surface area contributed by atoms with E-state index in [0.29, 0.717) is 17.7 Å². The second kappa shape index (κ2) is 6.50. The molecule has 0 saturated carbocycles. The van der Waals surface area contributed by atoms with Crippen LogP contribution in [0.5, 0.6) is 5.75 Å². The van der Waals surface area contributed by atoms with Gasteiger partial charge in [0, 0.05) is 18.3 Å². The van der Waals surface area contributed by atoms with E-state index in [-0.39, 0.29) is 10.6 Å². The maximum Gasteiger partial charge on any atom is 0.339 e. The van der Waals surface area contributed by atoms with Gasteiger partial charge in [0.15, 0.2) is 0 Å². The molecule has 3 N–H and O–H groups in total. The lowest BCUT2D eigenvalue weighted by molar-refractivity contribution is 0.208. The molecule has 126 valence electrons. The number of nitrogens with one attached hydrogen (secondary N) is 2. The van der Waals surface area contributed by atoms with Gasteiger partial charge in [0.25, 0.3) is 0 Å². The lowest BCUT2D eigenvalue weighted by Gasteiger charge is -2.10. The van der Waals surface area contributed by atoms with Crippen LogP contribution in [-0.2, 0) is 10.1 Å². The van der Waals surface area contributed by atoms with Crippen LogP contribution in [0.15, 0.2) is 53.7 Å². The van der Waals surface area contributed by atoms with E-state index in [1.165, 1.54) is 18.5 Å². The van der Waals surface area contributed by atoms with Crippen molar-refractivity contribution < 1.29 is 17.7 Å². The molecule has 3 rings (SSSR count). The zero-order valence-corrected chi connectivity index (χ0v) is 13.7. The number of imidazole rings is 1. The minimum absolute atomic E-state index is 0.0507. The highest BCUT2D eigenvalue weighted by atomic mass is 32.2. The molecule has 1 aromatic heterocycles. The molecule has 24 heavy (non-hydrogen) atoms. The van der Waals surface area contributed by atoms with Crippen molar-refractivity contribution in [3.05, 3.63) is 48.8 Å². The fourth-order valence-corrected chi connectivity index (χ4v) is 3.07. The zero-order valence-electron chi connectivity index (χ0n) is 12.9. The summed E-state index contributed by atoms with van der Waals surface area (Å²) in [6, 6.07) is 11.0. The predicted molar refractivity (Wildman–Crippen MR) is 90.5 cm³/mol. The Hall–Kier alpha value is -2.58. The van der Waals surface area contributed by atoms with Crippen molar-refractivity contribution in [3.63, 3.8) is 0 Å². The largest absolute Gasteiger partial charge is 0.392 e. The summed E-state index contributed by atoms with van der Waals surface area (Å²) in [6.07, 6.45) is 1.04. The van der Waals surface area contributed by atoms with Gasteiger partial charge in [0.05, 0.1) is 23.5 Å². The summed E-state index contributed by atoms with van der Waals surface area (Å²) < 4.78 is 29.9. The first kappa shape index (κ1) is 16.3. The Morgan fingerprint density at radius 3 is 2.71 bits per heavy atom. The van der Waals surface area contributed by atoms with Crippen LogP contribution in [-0.4, -0.2) is 36.1 Å². The number of rotatable bonds is 6. The third kappa shape index (κ3) is 3.66. The topological polar surface area (TPSA) is 104 Å². The summed E-state index contributed by atoms with van der Waals surface area (Å²) >= 11 is 0. The number of aromatic nitrogens is 2. The zero-order chi connectivity index (χ0) is 17.2. The van der Waals surface area contributed by atoms with Crippen molar-refractivity contribution >= 4 is 26.8 Å². The summed E-state index contributed by atoms with van der Waals surface area (Å²) in [5.74, 6) is 0.211. The van der Waals surface area contributed by atoms with Crippen LogP contribution in [0.3, 0.4) is 0 Å². The van der Waals surface area contributed by atoms with Crippen LogP contribution in [0, 0.1) is 0 Å². The van der Waals surface area contributed by atoms with Gasteiger partial charge >= 0.3 is 10.1 Å². The minimum atomic E-state index is -3.92. The van der Waals surface area contributed by atoms with Crippen LogP contribution in [0.2, 0.25) is 0 Å². The number of hydrogen-bond donors (Lipinski definition) is 3. The average molecular weight is 347 g/mol. The van der Waals surface area contributed by atoms with E-state index in [1.807, 2.05) is 0 Å². The molecule has 0 saturated heterocycles. The monoisotopic (exact) mass is 347 g/mol. The molecule has 0 spiro atoms. The van der Waals surface area contributed by atoms with E-state index in [2.05, 4.69) is 15.3 Å². The SMILES string of the molecule is CC(O)CNc1ccc(S(=O)(=O)Oc2ccc3nc[nH]c3c2)cc1. The van der Waals surface area contributed by atoms with Crippen LogP contribution in [0.4, 0.5) is 5.69 Å². The number of nitrogens with zero attached hydrogens (tertiary/aromatic N) is 1. The number of hydrogen-bond acceptors (Lipinski definition) is 6. The normalized spacial score (nSPS) is 12.9. The number of aromatic amines is 1. The van der Waals surface area contributed by atoms with E-state index in [4.69, 9.17) is 4.18 Å². The molecule has 0 amide bonds. The first-order valence-electron chi connectivity index (χ1n) is 7.34. The maximum atomic E-state index is 12.3. The summed E-state index contributed by atoms with van der Waals surface area (Å²) in [7, 11) is -3.92. The summed E-state index contributed by atoms with van der Waals surface area (Å²) in [6.45, 7) is 2.04. The van der Waals surface area contributed by atoms with Crippen molar-refractivity contribution in [1.29, 1.82) is 0 Å². The van der Waals surface area contributed by atoms with E-state index in [9.17, 15) is 13.5 Å². The fraction of sp³-hybridized carbons (Fsp3) is 0.188. The number of fused-ring (bicyclic) bond motifs is 1. The second-order valence-electron chi connectivity index (χ2n) is 5.37. The maximum absolute atomic E-state index is 12.3. The van der Waals surface area contributed by atoms with E-state index < -0.39 is 16.2 Å². The Morgan fingerprint density at radius 2 is 2.00 bits per heavy atom. The Kier molecular flexibility index (Phi) is 4.41. The lowest BCUT2D eigenvalue weighted by atomic mass is 10.3. The van der Waals surface area contributed by atoms with Gasteiger partial charge in [-0.1, -0.05) is 0 Å². The smallest absolute Gasteiger partial charge is 0.339 e. The molecule has 2 aromatic carbocycles. The molecule has 7 nitrogen and oxygen atoms in total. The second-order valence-corrected chi connectivity index (χ2v) is 6.92. The van der Waals surface area contributed by atoms with Crippen LogP contribution in [0.1, 0.15) is 6.92 Å². The highest BCUT2D eigenvalue weighted by Crippen LogP contribution is 2.23. The number of anilines is 1. The Balaban J connectivity index is 1.76. The third-order valence-electron chi connectivity index (χ3n) is 3.34. The molecule has 0 aliphatic carbocycles. The number of aliphatic hydroxyl groups is 1. The molecule has 3 aromatic rings. The molecule has 0 aliphatic rings. The number of benzene rings is 2. The van der Waals surface area contributed by atoms with Gasteiger partial charge in [0.2, 0.25) is 0 Å². The van der Waals surface area contributed by atoms with Crippen molar-refractivity contribution in [2.24, 2.45) is 0 Å². The van der Waals surface area contributed by atoms with Gasteiger partial charge in [0.1, 0.15) is 10.6 Å². The number of aliphatic hydroxyl groups excluding tert-OH is 1. The molecule has 1 atom stereocenters. The minimum Gasteiger partial charge on any atom is -0.392 e. The van der Waals surface area contributed by atoms with Crippen molar-refractivity contribution in [2.45, 2.75) is 17.9 Å². The molecule has 8 heteroatoms. The van der Waals surface area contributed by atoms with Gasteiger partial charge in [-0.05, 0) is 43.3 Å². The highest BCUT2D eigenvalue weighted by Gasteiger charge is 2.17. The van der Waals surface area contributed by atoms with Gasteiger partial charge in [-0.3, -0.25) is 0 Å². The van der Waals surface area contributed by atoms with E-state index in [1.54, 1.807) is 37.3 Å². The average Bonchev–Trinajstić information content (AvgIpc) is 3.00. The van der Waals surface area contributed by atoms with E-state index in [0.717, 1.165) is 5.52 Å². The predicted octanol–water partition coefficient (Wildman–Crippen LogP) is 2.12. The summed E-state index contributed by atoms with van der Waals surface area (Å²) in [5.41, 5.74) is 2.14. The van der Waals surface area contributed by atoms with E-state index >= 15 is 0 Å². The molecular weight excluding hydrogens is 330 g/mol. The van der Waals surface area contributed by atoms with Crippen LogP contribution in [0.25, 0.3) is 11.0 Å². The number of H-pyrrole nitrogens is 1. The lowest BCUT2D eigenvalue weighted by Crippen LogP contribution is -2.15. The fourth-order valence-electron chi connectivity index (χ4n) is 2.15. The third-order valence-corrected chi connectivity index (χ3v) is 4.60. The van der Waals surface area contributed by atoms with Gasteiger partial charge in [-0.15, -0.1) is 0 Å². The Bertz CT molecular complexity index is 933. The van der Waals surface area contributed by atoms with Gasteiger partial charge < -0.3 is 19.6 Å². The first-order chi connectivity index (χ1) is 11.4. The van der Waals surface area contributed by atoms with Crippen LogP contribution >= 0.6 is 0 Å². The molecule has 1 unspecified atom stereocenters. The quantitative estimate of drug-likeness (QED) is 0.590. The van der Waals surface area contributed by atoms with Crippen molar-refractivity contribution in [3.8, 4) is 5.75 Å². The molecule has 0 radical (unpaired) electrons. The highest BCUT2D eigenvalue weighted by molar-refractivity contribution is 7.87. The summed E-state index contributed by atoms with van der Waals surface area (Å²) in [4.78, 5) is 7.02. The summed E-state index contributed by atoms with van der Waals surface area (Å²) in [5, 5.41) is 12.2. The molecule has 0 fully saturated rings. The van der Waals surface area contributed by atoms with Crippen molar-refractivity contribution in [2.75, 3.05) is 11.9 Å². The van der Waals surface area contributed by atoms with Crippen LogP contribution < -0.4 is 9.50 Å². The van der Waals surface area contributed by atoms with Gasteiger partial charge in [-0.2, -0.15) is 8.42 Å². The molecule has 0 aliphatic heterocycles. The molecule has 0 bridgehead atoms.